The maximum absolute atomic E-state index is 12.0. The van der Waals surface area contributed by atoms with Crippen LogP contribution in [-0.4, -0.2) is 77.6 Å². The Morgan fingerprint density at radius 1 is 1.24 bits per heavy atom. The third-order valence-electron chi connectivity index (χ3n) is 4.25. The van der Waals surface area contributed by atoms with Crippen molar-refractivity contribution in [1.29, 1.82) is 0 Å². The molecule has 7 heteroatoms. The molecule has 1 aliphatic heterocycles. The van der Waals surface area contributed by atoms with E-state index in [0.717, 1.165) is 37.6 Å². The number of rotatable bonds is 10. The Hall–Kier alpha value is -1.67. The molecule has 0 radical (unpaired) electrons. The van der Waals surface area contributed by atoms with Gasteiger partial charge in [-0.2, -0.15) is 0 Å². The summed E-state index contributed by atoms with van der Waals surface area (Å²) in [6, 6.07) is 8.15. The van der Waals surface area contributed by atoms with Crippen molar-refractivity contribution in [3.05, 3.63) is 29.8 Å². The average molecular weight is 351 g/mol. The molecule has 1 unspecified atom stereocenters. The fourth-order valence-electron chi connectivity index (χ4n) is 2.82. The highest BCUT2D eigenvalue weighted by Gasteiger charge is 2.23. The minimum atomic E-state index is -0.0112. The fourth-order valence-corrected chi connectivity index (χ4v) is 2.82. The van der Waals surface area contributed by atoms with Crippen LogP contribution < -0.4 is 15.4 Å². The van der Waals surface area contributed by atoms with Crippen molar-refractivity contribution in [3.8, 4) is 5.75 Å². The summed E-state index contributed by atoms with van der Waals surface area (Å²) in [7, 11) is 3.30. The van der Waals surface area contributed by atoms with Gasteiger partial charge >= 0.3 is 0 Å². The molecule has 140 valence electrons. The van der Waals surface area contributed by atoms with Gasteiger partial charge in [0.15, 0.2) is 0 Å². The van der Waals surface area contributed by atoms with E-state index in [4.69, 9.17) is 14.2 Å². The minimum Gasteiger partial charge on any atom is -0.497 e. The summed E-state index contributed by atoms with van der Waals surface area (Å²) in [4.78, 5) is 14.4. The second-order valence-electron chi connectivity index (χ2n) is 5.91. The van der Waals surface area contributed by atoms with E-state index in [1.165, 1.54) is 0 Å². The van der Waals surface area contributed by atoms with Gasteiger partial charge in [-0.1, -0.05) is 12.1 Å². The first kappa shape index (κ1) is 19.7. The first-order valence-corrected chi connectivity index (χ1v) is 8.66. The van der Waals surface area contributed by atoms with Crippen LogP contribution in [0.25, 0.3) is 0 Å². The smallest absolute Gasteiger partial charge is 0.234 e. The van der Waals surface area contributed by atoms with Crippen LogP contribution in [0.5, 0.6) is 5.75 Å². The molecule has 0 spiro atoms. The quantitative estimate of drug-likeness (QED) is 0.596. The Labute approximate surface area is 149 Å². The van der Waals surface area contributed by atoms with Crippen LogP contribution in [0, 0.1) is 0 Å². The second kappa shape index (κ2) is 11.0. The van der Waals surface area contributed by atoms with Crippen LogP contribution in [0.3, 0.4) is 0 Å². The highest BCUT2D eigenvalue weighted by Crippen LogP contribution is 2.23. The number of carbonyl (C=O) groups is 1. The summed E-state index contributed by atoms with van der Waals surface area (Å²) in [6.45, 7) is 5.28. The number of nitrogens with zero attached hydrogens (tertiary/aromatic N) is 1. The lowest BCUT2D eigenvalue weighted by Gasteiger charge is -2.35. The van der Waals surface area contributed by atoms with Crippen LogP contribution in [0.2, 0.25) is 0 Å². The molecule has 1 saturated heterocycles. The van der Waals surface area contributed by atoms with Gasteiger partial charge in [-0.25, -0.2) is 0 Å². The number of carbonyl (C=O) groups excluding carboxylic acids is 1. The topological polar surface area (TPSA) is 72.1 Å². The van der Waals surface area contributed by atoms with E-state index in [9.17, 15) is 4.79 Å². The van der Waals surface area contributed by atoms with Crippen molar-refractivity contribution in [2.45, 2.75) is 6.04 Å². The van der Waals surface area contributed by atoms with Crippen LogP contribution in [0.15, 0.2) is 24.3 Å². The number of methoxy groups -OCH3 is 2. The molecule has 1 fully saturated rings. The number of hydrogen-bond acceptors (Lipinski definition) is 6. The third-order valence-corrected chi connectivity index (χ3v) is 4.25. The van der Waals surface area contributed by atoms with Gasteiger partial charge in [0, 0.05) is 33.3 Å². The number of ether oxygens (including phenoxy) is 3. The highest BCUT2D eigenvalue weighted by atomic mass is 16.5. The number of hydrogen-bond donors (Lipinski definition) is 2. The van der Waals surface area contributed by atoms with Gasteiger partial charge < -0.3 is 24.8 Å². The zero-order valence-electron chi connectivity index (χ0n) is 15.1. The Bertz CT molecular complexity index is 504. The summed E-state index contributed by atoms with van der Waals surface area (Å²) in [5, 5.41) is 6.09. The number of nitrogens with one attached hydrogen (secondary N) is 2. The third kappa shape index (κ3) is 6.62. The van der Waals surface area contributed by atoms with Crippen LogP contribution >= 0.6 is 0 Å². The maximum atomic E-state index is 12.0. The molecule has 1 aromatic carbocycles. The second-order valence-corrected chi connectivity index (χ2v) is 5.91. The normalized spacial score (nSPS) is 16.4. The number of amides is 1. The van der Waals surface area contributed by atoms with Crippen molar-refractivity contribution < 1.29 is 19.0 Å². The Morgan fingerprint density at radius 2 is 1.96 bits per heavy atom. The highest BCUT2D eigenvalue weighted by molar-refractivity contribution is 5.78. The molecule has 0 aromatic heterocycles. The van der Waals surface area contributed by atoms with Crippen molar-refractivity contribution in [2.75, 3.05) is 66.8 Å². The van der Waals surface area contributed by atoms with Crippen LogP contribution in [0.1, 0.15) is 11.6 Å². The molecular formula is C18H29N3O4. The molecule has 1 amide bonds. The summed E-state index contributed by atoms with van der Waals surface area (Å²) in [5.74, 6) is 0.818. The molecule has 1 atom stereocenters. The monoisotopic (exact) mass is 351 g/mol. The van der Waals surface area contributed by atoms with Crippen molar-refractivity contribution in [3.63, 3.8) is 0 Å². The zero-order valence-corrected chi connectivity index (χ0v) is 15.1. The van der Waals surface area contributed by atoms with Crippen molar-refractivity contribution in [1.82, 2.24) is 15.5 Å². The van der Waals surface area contributed by atoms with Gasteiger partial charge in [0.25, 0.3) is 0 Å². The Morgan fingerprint density at radius 3 is 2.60 bits per heavy atom. The van der Waals surface area contributed by atoms with Gasteiger partial charge in [0.2, 0.25) is 5.91 Å². The van der Waals surface area contributed by atoms with E-state index in [0.29, 0.717) is 26.2 Å². The van der Waals surface area contributed by atoms with E-state index in [1.54, 1.807) is 14.2 Å². The lowest BCUT2D eigenvalue weighted by Crippen LogP contribution is -2.45. The fraction of sp³-hybridized carbons (Fsp3) is 0.611. The largest absolute Gasteiger partial charge is 0.497 e. The lowest BCUT2D eigenvalue weighted by molar-refractivity contribution is -0.120. The number of benzene rings is 1. The van der Waals surface area contributed by atoms with Gasteiger partial charge in [0.05, 0.1) is 39.5 Å². The van der Waals surface area contributed by atoms with Gasteiger partial charge in [-0.05, 0) is 17.7 Å². The van der Waals surface area contributed by atoms with Crippen molar-refractivity contribution >= 4 is 5.91 Å². The van der Waals surface area contributed by atoms with Crippen LogP contribution in [-0.2, 0) is 14.3 Å². The lowest BCUT2D eigenvalue weighted by atomic mass is 10.0. The molecule has 1 aromatic rings. The molecule has 1 aliphatic rings. The molecule has 0 bridgehead atoms. The van der Waals surface area contributed by atoms with E-state index in [2.05, 4.69) is 27.7 Å². The first-order valence-electron chi connectivity index (χ1n) is 8.66. The predicted molar refractivity (Wildman–Crippen MR) is 95.9 cm³/mol. The average Bonchev–Trinajstić information content (AvgIpc) is 2.67. The maximum Gasteiger partial charge on any atom is 0.234 e. The summed E-state index contributed by atoms with van der Waals surface area (Å²) < 4.78 is 15.6. The molecule has 0 saturated carbocycles. The summed E-state index contributed by atoms with van der Waals surface area (Å²) in [6.07, 6.45) is 0. The Kier molecular flexibility index (Phi) is 8.68. The Balaban J connectivity index is 1.93. The zero-order chi connectivity index (χ0) is 17.9. The van der Waals surface area contributed by atoms with Gasteiger partial charge in [-0.15, -0.1) is 0 Å². The molecule has 2 rings (SSSR count). The SMILES string of the molecule is COCCNCC(=O)NCC(c1ccc(OC)cc1)N1CCOCC1. The molecule has 25 heavy (non-hydrogen) atoms. The van der Waals surface area contributed by atoms with E-state index in [-0.39, 0.29) is 11.9 Å². The van der Waals surface area contributed by atoms with Crippen molar-refractivity contribution in [2.24, 2.45) is 0 Å². The van der Waals surface area contributed by atoms with E-state index >= 15 is 0 Å². The summed E-state index contributed by atoms with van der Waals surface area (Å²) >= 11 is 0. The van der Waals surface area contributed by atoms with Gasteiger partial charge in [0.1, 0.15) is 5.75 Å². The van der Waals surface area contributed by atoms with E-state index in [1.807, 2.05) is 12.1 Å². The minimum absolute atomic E-state index is 0.0112. The standard InChI is InChI=1S/C18H29N3O4/c1-23-10-7-19-14-18(22)20-13-17(21-8-11-25-12-9-21)15-3-5-16(24-2)6-4-15/h3-6,17,19H,7-14H2,1-2H3,(H,20,22). The summed E-state index contributed by atoms with van der Waals surface area (Å²) in [5.41, 5.74) is 1.16. The molecule has 7 nitrogen and oxygen atoms in total. The van der Waals surface area contributed by atoms with Gasteiger partial charge in [-0.3, -0.25) is 9.69 Å². The molecule has 0 aliphatic carbocycles. The predicted octanol–water partition coefficient (Wildman–Crippen LogP) is 0.421. The molecule has 2 N–H and O–H groups in total. The number of morpholine rings is 1. The first-order chi connectivity index (χ1) is 12.2. The molecular weight excluding hydrogens is 322 g/mol. The van der Waals surface area contributed by atoms with Crippen LogP contribution in [0.4, 0.5) is 0 Å². The van der Waals surface area contributed by atoms with E-state index < -0.39 is 0 Å². The molecule has 1 heterocycles.